The molecule has 90 valence electrons. The van der Waals surface area contributed by atoms with Crippen molar-refractivity contribution in [3.8, 4) is 0 Å². The summed E-state index contributed by atoms with van der Waals surface area (Å²) in [6.07, 6.45) is 4.11. The first kappa shape index (κ1) is 12.8. The molecule has 1 unspecified atom stereocenters. The van der Waals surface area contributed by atoms with E-state index in [4.69, 9.17) is 5.11 Å². The molecule has 1 rings (SSSR count). The molecule has 0 aliphatic heterocycles. The average Bonchev–Trinajstić information content (AvgIpc) is 2.69. The summed E-state index contributed by atoms with van der Waals surface area (Å²) in [6.45, 7) is 4.27. The molecule has 1 heterocycles. The van der Waals surface area contributed by atoms with Gasteiger partial charge in [-0.25, -0.2) is 4.68 Å². The molecule has 1 aromatic rings. The van der Waals surface area contributed by atoms with Crippen molar-refractivity contribution in [3.05, 3.63) is 11.4 Å². The molecule has 0 aliphatic carbocycles. The smallest absolute Gasteiger partial charge is 0.172 e. The van der Waals surface area contributed by atoms with Crippen LogP contribution >= 0.6 is 0 Å². The molecule has 0 saturated heterocycles. The van der Waals surface area contributed by atoms with Crippen molar-refractivity contribution in [2.45, 2.75) is 45.6 Å². The molecule has 0 aliphatic rings. The van der Waals surface area contributed by atoms with Gasteiger partial charge in [0.1, 0.15) is 5.69 Å². The van der Waals surface area contributed by atoms with Crippen molar-refractivity contribution in [3.63, 3.8) is 0 Å². The van der Waals surface area contributed by atoms with E-state index < -0.39 is 0 Å². The molecule has 0 radical (unpaired) electrons. The normalized spacial score (nSPS) is 12.7. The number of carbonyl (C=O) groups excluding carboxylic acids is 1. The fourth-order valence-electron chi connectivity index (χ4n) is 1.76. The highest BCUT2D eigenvalue weighted by molar-refractivity contribution is 5.73. The number of hydrogen-bond donors (Lipinski definition) is 1. The summed E-state index contributed by atoms with van der Waals surface area (Å²) in [5, 5.41) is 16.7. The highest BCUT2D eigenvalue weighted by Gasteiger charge is 2.15. The number of hydrogen-bond acceptors (Lipinski definition) is 4. The Labute approximate surface area is 95.5 Å². The topological polar surface area (TPSA) is 68.0 Å². The summed E-state index contributed by atoms with van der Waals surface area (Å²) in [5.41, 5.74) is 1.35. The van der Waals surface area contributed by atoms with Gasteiger partial charge in [0.2, 0.25) is 0 Å². The standard InChI is InChI=1S/C11H19N3O2/c1-3-5-11-10(8-16)12-13-14(11)9(2)6-4-7-15/h8-9,15H,3-7H2,1-2H3. The number of aromatic nitrogens is 3. The maximum absolute atomic E-state index is 10.8. The minimum absolute atomic E-state index is 0.176. The van der Waals surface area contributed by atoms with Crippen LogP contribution < -0.4 is 0 Å². The Hall–Kier alpha value is -1.23. The first-order valence-corrected chi connectivity index (χ1v) is 5.74. The number of carbonyl (C=O) groups is 1. The highest BCUT2D eigenvalue weighted by Crippen LogP contribution is 2.17. The molecule has 5 heteroatoms. The van der Waals surface area contributed by atoms with Crippen molar-refractivity contribution in [1.82, 2.24) is 15.0 Å². The summed E-state index contributed by atoms with van der Waals surface area (Å²) in [6, 6.07) is 0.176. The van der Waals surface area contributed by atoms with E-state index in [1.54, 1.807) is 0 Å². The maximum atomic E-state index is 10.8. The molecule has 0 spiro atoms. The zero-order valence-corrected chi connectivity index (χ0v) is 9.89. The van der Waals surface area contributed by atoms with Crippen LogP contribution in [0.1, 0.15) is 55.3 Å². The lowest BCUT2D eigenvalue weighted by atomic mass is 10.1. The second-order valence-corrected chi connectivity index (χ2v) is 3.95. The molecule has 0 saturated carbocycles. The van der Waals surface area contributed by atoms with Crippen LogP contribution in [0.4, 0.5) is 0 Å². The molecule has 0 aromatic carbocycles. The SMILES string of the molecule is CCCc1c(C=O)nnn1C(C)CCCO. The van der Waals surface area contributed by atoms with Crippen molar-refractivity contribution in [2.24, 2.45) is 0 Å². The van der Waals surface area contributed by atoms with Gasteiger partial charge in [0.05, 0.1) is 11.7 Å². The average molecular weight is 225 g/mol. The highest BCUT2D eigenvalue weighted by atomic mass is 16.2. The molecule has 0 fully saturated rings. The molecule has 0 amide bonds. The summed E-state index contributed by atoms with van der Waals surface area (Å²) in [5.74, 6) is 0. The van der Waals surface area contributed by atoms with Gasteiger partial charge >= 0.3 is 0 Å². The Bertz CT molecular complexity index is 336. The van der Waals surface area contributed by atoms with Crippen LogP contribution in [0, 0.1) is 0 Å². The fraction of sp³-hybridized carbons (Fsp3) is 0.727. The first-order chi connectivity index (χ1) is 7.74. The predicted octanol–water partition coefficient (Wildman–Crippen LogP) is 1.38. The molecule has 0 bridgehead atoms. The lowest BCUT2D eigenvalue weighted by molar-refractivity contribution is 0.111. The number of aliphatic hydroxyl groups is 1. The number of nitrogens with zero attached hydrogens (tertiary/aromatic N) is 3. The Morgan fingerprint density at radius 3 is 2.88 bits per heavy atom. The summed E-state index contributed by atoms with van der Waals surface area (Å²) >= 11 is 0. The van der Waals surface area contributed by atoms with Gasteiger partial charge < -0.3 is 5.11 Å². The van der Waals surface area contributed by atoms with Gasteiger partial charge in [-0.1, -0.05) is 18.6 Å². The summed E-state index contributed by atoms with van der Waals surface area (Å²) in [4.78, 5) is 10.8. The molecule has 16 heavy (non-hydrogen) atoms. The van der Waals surface area contributed by atoms with E-state index in [1.807, 2.05) is 11.6 Å². The van der Waals surface area contributed by atoms with E-state index in [0.29, 0.717) is 5.69 Å². The van der Waals surface area contributed by atoms with E-state index in [0.717, 1.165) is 37.7 Å². The number of aldehydes is 1. The molecular weight excluding hydrogens is 206 g/mol. The zero-order chi connectivity index (χ0) is 12.0. The van der Waals surface area contributed by atoms with Crippen molar-refractivity contribution < 1.29 is 9.90 Å². The van der Waals surface area contributed by atoms with Gasteiger partial charge in [0, 0.05) is 6.61 Å². The third-order valence-corrected chi connectivity index (χ3v) is 2.62. The van der Waals surface area contributed by atoms with Gasteiger partial charge in [-0.2, -0.15) is 0 Å². The van der Waals surface area contributed by atoms with Crippen molar-refractivity contribution in [1.29, 1.82) is 0 Å². The molecular formula is C11H19N3O2. The van der Waals surface area contributed by atoms with Crippen LogP contribution in [0.15, 0.2) is 0 Å². The predicted molar refractivity (Wildman–Crippen MR) is 60.4 cm³/mol. The fourth-order valence-corrected chi connectivity index (χ4v) is 1.76. The summed E-state index contributed by atoms with van der Waals surface area (Å²) in [7, 11) is 0. The number of aliphatic hydroxyl groups excluding tert-OH is 1. The van der Waals surface area contributed by atoms with E-state index >= 15 is 0 Å². The van der Waals surface area contributed by atoms with Gasteiger partial charge in [-0.3, -0.25) is 4.79 Å². The van der Waals surface area contributed by atoms with E-state index in [2.05, 4.69) is 17.2 Å². The first-order valence-electron chi connectivity index (χ1n) is 5.74. The van der Waals surface area contributed by atoms with Crippen LogP contribution in [0.3, 0.4) is 0 Å². The van der Waals surface area contributed by atoms with Crippen LogP contribution in [0.25, 0.3) is 0 Å². The lowest BCUT2D eigenvalue weighted by Crippen LogP contribution is -2.12. The van der Waals surface area contributed by atoms with Crippen LogP contribution in [0.5, 0.6) is 0 Å². The van der Waals surface area contributed by atoms with E-state index in [1.165, 1.54) is 0 Å². The Balaban J connectivity index is 2.85. The maximum Gasteiger partial charge on any atom is 0.172 e. The zero-order valence-electron chi connectivity index (χ0n) is 9.89. The Morgan fingerprint density at radius 1 is 1.56 bits per heavy atom. The van der Waals surface area contributed by atoms with Gasteiger partial charge in [0.25, 0.3) is 0 Å². The molecule has 1 atom stereocenters. The Morgan fingerprint density at radius 2 is 2.31 bits per heavy atom. The third kappa shape index (κ3) is 2.88. The van der Waals surface area contributed by atoms with E-state index in [9.17, 15) is 4.79 Å². The molecule has 5 nitrogen and oxygen atoms in total. The van der Waals surface area contributed by atoms with Crippen LogP contribution in [-0.4, -0.2) is 33.0 Å². The second-order valence-electron chi connectivity index (χ2n) is 3.95. The Kier molecular flexibility index (Phi) is 5.11. The number of rotatable bonds is 7. The van der Waals surface area contributed by atoms with Crippen LogP contribution in [-0.2, 0) is 6.42 Å². The van der Waals surface area contributed by atoms with Crippen molar-refractivity contribution >= 4 is 6.29 Å². The third-order valence-electron chi connectivity index (χ3n) is 2.62. The van der Waals surface area contributed by atoms with E-state index in [-0.39, 0.29) is 12.6 Å². The van der Waals surface area contributed by atoms with Gasteiger partial charge in [0.15, 0.2) is 6.29 Å². The van der Waals surface area contributed by atoms with Gasteiger partial charge in [-0.15, -0.1) is 5.10 Å². The monoisotopic (exact) mass is 225 g/mol. The van der Waals surface area contributed by atoms with Crippen LogP contribution in [0.2, 0.25) is 0 Å². The minimum Gasteiger partial charge on any atom is -0.396 e. The molecule has 1 N–H and O–H groups in total. The minimum atomic E-state index is 0.176. The van der Waals surface area contributed by atoms with Crippen molar-refractivity contribution in [2.75, 3.05) is 6.61 Å². The largest absolute Gasteiger partial charge is 0.396 e. The quantitative estimate of drug-likeness (QED) is 0.712. The van der Waals surface area contributed by atoms with Gasteiger partial charge in [-0.05, 0) is 26.2 Å². The lowest BCUT2D eigenvalue weighted by Gasteiger charge is -2.13. The molecule has 1 aromatic heterocycles. The second kappa shape index (κ2) is 6.37. The summed E-state index contributed by atoms with van der Waals surface area (Å²) < 4.78 is 1.81.